The molecule has 8 rings (SSSR count). The van der Waals surface area contributed by atoms with E-state index in [4.69, 9.17) is 0 Å². The highest BCUT2D eigenvalue weighted by molar-refractivity contribution is 9.10. The average molecular weight is 748 g/mol. The first-order valence-corrected chi connectivity index (χ1v) is 18.0. The maximum Gasteiger partial charge on any atom is 0.333 e. The van der Waals surface area contributed by atoms with E-state index < -0.39 is 5.91 Å². The minimum Gasteiger partial charge on any atom is -0.368 e. The van der Waals surface area contributed by atoms with E-state index in [0.717, 1.165) is 52.2 Å². The average Bonchev–Trinajstić information content (AvgIpc) is 3.41. The first-order valence-electron chi connectivity index (χ1n) is 17.2. The van der Waals surface area contributed by atoms with Gasteiger partial charge in [-0.25, -0.2) is 14.8 Å². The van der Waals surface area contributed by atoms with Gasteiger partial charge in [-0.1, -0.05) is 40.2 Å². The molecule has 0 saturated carbocycles. The quantitative estimate of drug-likeness (QED) is 0.249. The highest BCUT2D eigenvalue weighted by atomic mass is 79.9. The van der Waals surface area contributed by atoms with Gasteiger partial charge < -0.3 is 15.1 Å². The van der Waals surface area contributed by atoms with Crippen molar-refractivity contribution in [2.75, 3.05) is 31.6 Å². The standard InChI is InChI=1S/C39H39BrN8O3/c1-25-18-27(8-13-32(25)40)37(50)46-21-34-35(36(49)42-19-28-6-4-5-7-31(28)33-14-16-41-24-43-33)48(38(51)47(34)20-26(46)2)30-11-9-29(10-12-30)45-22-39(23-45)15-17-44(39)3/h4-14,16,18,24,26H,15,17,19-23H2,1-3H3,(H,42,49). The number of aromatic nitrogens is 4. The maximum absolute atomic E-state index is 14.4. The SMILES string of the molecule is Cc1cc(C(=O)N2Cc3c(C(=O)NCc4ccccc4-c4ccncn4)n(-c4ccc(N5CC6(CCN6C)C5)cc4)c(=O)n3CC2C)ccc1Br. The summed E-state index contributed by atoms with van der Waals surface area (Å²) in [5.74, 6) is -0.551. The number of hydrogen-bond acceptors (Lipinski definition) is 7. The molecule has 0 aliphatic carbocycles. The number of imidazole rings is 1. The molecule has 2 saturated heterocycles. The summed E-state index contributed by atoms with van der Waals surface area (Å²) in [5, 5.41) is 3.10. The largest absolute Gasteiger partial charge is 0.368 e. The third-order valence-electron chi connectivity index (χ3n) is 10.9. The Hall–Kier alpha value is -5.07. The van der Waals surface area contributed by atoms with Crippen LogP contribution in [0.15, 0.2) is 94.6 Å². The van der Waals surface area contributed by atoms with Gasteiger partial charge >= 0.3 is 5.69 Å². The number of benzene rings is 3. The van der Waals surface area contributed by atoms with Crippen molar-refractivity contribution in [1.82, 2.24) is 34.2 Å². The molecule has 11 nitrogen and oxygen atoms in total. The molecule has 5 heterocycles. The second kappa shape index (κ2) is 12.9. The van der Waals surface area contributed by atoms with Gasteiger partial charge in [0, 0.05) is 66.2 Å². The van der Waals surface area contributed by atoms with Crippen molar-refractivity contribution in [2.45, 2.75) is 51.5 Å². The van der Waals surface area contributed by atoms with Crippen molar-refractivity contribution >= 4 is 33.4 Å². The Kier molecular flexibility index (Phi) is 8.38. The Morgan fingerprint density at radius 3 is 2.47 bits per heavy atom. The summed E-state index contributed by atoms with van der Waals surface area (Å²) in [6.07, 6.45) is 4.40. The number of carbonyl (C=O) groups excluding carboxylic acids is 2. The van der Waals surface area contributed by atoms with Crippen LogP contribution in [0.1, 0.15) is 51.0 Å². The fourth-order valence-electron chi connectivity index (χ4n) is 7.65. The topological polar surface area (TPSA) is 109 Å². The minimum absolute atomic E-state index is 0.110. The first kappa shape index (κ1) is 33.1. The predicted molar refractivity (Wildman–Crippen MR) is 199 cm³/mol. The molecule has 260 valence electrons. The molecule has 3 aromatic carbocycles. The summed E-state index contributed by atoms with van der Waals surface area (Å²) in [7, 11) is 2.18. The maximum atomic E-state index is 14.4. The van der Waals surface area contributed by atoms with Crippen LogP contribution in [-0.2, 0) is 19.6 Å². The van der Waals surface area contributed by atoms with Gasteiger partial charge in [0.2, 0.25) is 0 Å². The number of likely N-dealkylation sites (tertiary alicyclic amines) is 1. The zero-order chi connectivity index (χ0) is 35.4. The third kappa shape index (κ3) is 5.76. The number of likely N-dealkylation sites (N-methyl/N-ethyl adjacent to an activating group) is 1. The Balaban J connectivity index is 1.14. The van der Waals surface area contributed by atoms with E-state index >= 15 is 0 Å². The summed E-state index contributed by atoms with van der Waals surface area (Å²) < 4.78 is 4.09. The highest BCUT2D eigenvalue weighted by Crippen LogP contribution is 2.40. The number of carbonyl (C=O) groups is 2. The molecule has 1 spiro atoms. The number of aryl methyl sites for hydroxylation is 1. The molecule has 3 aliphatic heterocycles. The zero-order valence-corrected chi connectivity index (χ0v) is 30.4. The first-order chi connectivity index (χ1) is 24.6. The van der Waals surface area contributed by atoms with Gasteiger partial charge in [0.25, 0.3) is 11.8 Å². The predicted octanol–water partition coefficient (Wildman–Crippen LogP) is 5.04. The number of rotatable bonds is 7. The number of anilines is 1. The molecular formula is C39H39BrN8O3. The molecule has 2 amide bonds. The number of fused-ring (bicyclic) bond motifs is 1. The van der Waals surface area contributed by atoms with E-state index in [1.165, 1.54) is 17.3 Å². The van der Waals surface area contributed by atoms with Gasteiger partial charge in [-0.15, -0.1) is 0 Å². The number of nitrogens with zero attached hydrogens (tertiary/aromatic N) is 7. The van der Waals surface area contributed by atoms with Crippen LogP contribution in [0.4, 0.5) is 5.69 Å². The molecule has 1 atom stereocenters. The normalized spacial score (nSPS) is 17.8. The monoisotopic (exact) mass is 746 g/mol. The lowest BCUT2D eigenvalue weighted by Crippen LogP contribution is -2.75. The van der Waals surface area contributed by atoms with E-state index in [1.807, 2.05) is 80.6 Å². The molecule has 1 unspecified atom stereocenters. The van der Waals surface area contributed by atoms with Gasteiger partial charge in [-0.05, 0) is 87.0 Å². The van der Waals surface area contributed by atoms with Crippen LogP contribution in [0.5, 0.6) is 0 Å². The summed E-state index contributed by atoms with van der Waals surface area (Å²) in [6.45, 7) is 7.56. The van der Waals surface area contributed by atoms with Crippen molar-refractivity contribution in [1.29, 1.82) is 0 Å². The molecule has 2 aromatic heterocycles. The van der Waals surface area contributed by atoms with Crippen LogP contribution >= 0.6 is 15.9 Å². The van der Waals surface area contributed by atoms with Crippen molar-refractivity contribution in [3.05, 3.63) is 128 Å². The summed E-state index contributed by atoms with van der Waals surface area (Å²) in [5.41, 5.74) is 6.40. The molecule has 3 aliphatic rings. The molecule has 0 bridgehead atoms. The Labute approximate surface area is 304 Å². The zero-order valence-electron chi connectivity index (χ0n) is 28.8. The van der Waals surface area contributed by atoms with Crippen LogP contribution in [0, 0.1) is 6.92 Å². The Bertz CT molecular complexity index is 2210. The van der Waals surface area contributed by atoms with Crippen molar-refractivity contribution in [3.8, 4) is 16.9 Å². The van der Waals surface area contributed by atoms with Crippen molar-refractivity contribution in [2.24, 2.45) is 0 Å². The second-order valence-electron chi connectivity index (χ2n) is 14.0. The molecule has 51 heavy (non-hydrogen) atoms. The van der Waals surface area contributed by atoms with Gasteiger partial charge in [0.15, 0.2) is 0 Å². The van der Waals surface area contributed by atoms with Crippen LogP contribution in [-0.4, -0.2) is 79.0 Å². The lowest BCUT2D eigenvalue weighted by atomic mass is 9.78. The molecule has 2 fully saturated rings. The van der Waals surface area contributed by atoms with Crippen LogP contribution in [0.2, 0.25) is 0 Å². The molecule has 12 heteroatoms. The summed E-state index contributed by atoms with van der Waals surface area (Å²) >= 11 is 3.53. The van der Waals surface area contributed by atoms with E-state index in [2.05, 4.69) is 48.1 Å². The smallest absolute Gasteiger partial charge is 0.333 e. The molecule has 5 aromatic rings. The third-order valence-corrected chi connectivity index (χ3v) is 11.8. The molecule has 0 radical (unpaired) electrons. The Morgan fingerprint density at radius 1 is 1.02 bits per heavy atom. The number of nitrogens with one attached hydrogen (secondary N) is 1. The van der Waals surface area contributed by atoms with Gasteiger partial charge in [-0.3, -0.25) is 23.6 Å². The van der Waals surface area contributed by atoms with Crippen molar-refractivity contribution in [3.63, 3.8) is 0 Å². The Morgan fingerprint density at radius 2 is 1.78 bits per heavy atom. The van der Waals surface area contributed by atoms with Gasteiger partial charge in [-0.2, -0.15) is 0 Å². The van der Waals surface area contributed by atoms with Crippen LogP contribution in [0.25, 0.3) is 16.9 Å². The van der Waals surface area contributed by atoms with Gasteiger partial charge in [0.1, 0.15) is 12.0 Å². The summed E-state index contributed by atoms with van der Waals surface area (Å²) in [6, 6.07) is 22.7. The van der Waals surface area contributed by atoms with E-state index in [1.54, 1.807) is 21.7 Å². The van der Waals surface area contributed by atoms with E-state index in [0.29, 0.717) is 16.9 Å². The fraction of sp³-hybridized carbons (Fsp3) is 0.308. The molecular weight excluding hydrogens is 708 g/mol. The highest BCUT2D eigenvalue weighted by Gasteiger charge is 2.51. The van der Waals surface area contributed by atoms with Gasteiger partial charge in [0.05, 0.1) is 29.2 Å². The second-order valence-corrected chi connectivity index (χ2v) is 14.8. The number of amides is 2. The van der Waals surface area contributed by atoms with Crippen LogP contribution in [0.3, 0.4) is 0 Å². The number of hydrogen-bond donors (Lipinski definition) is 1. The summed E-state index contributed by atoms with van der Waals surface area (Å²) in [4.78, 5) is 57.6. The lowest BCUT2D eigenvalue weighted by Gasteiger charge is -2.62. The minimum atomic E-state index is -0.401. The van der Waals surface area contributed by atoms with Crippen LogP contribution < -0.4 is 15.9 Å². The van der Waals surface area contributed by atoms with E-state index in [9.17, 15) is 14.4 Å². The van der Waals surface area contributed by atoms with Crippen molar-refractivity contribution < 1.29 is 9.59 Å². The molecule has 1 N–H and O–H groups in total. The fourth-order valence-corrected chi connectivity index (χ4v) is 7.90. The lowest BCUT2D eigenvalue weighted by molar-refractivity contribution is -0.0127. The number of halogens is 1. The van der Waals surface area contributed by atoms with E-state index in [-0.39, 0.29) is 48.5 Å².